The number of sulfone groups is 1. The summed E-state index contributed by atoms with van der Waals surface area (Å²) in [6.45, 7) is 3.61. The van der Waals surface area contributed by atoms with Crippen molar-refractivity contribution >= 4 is 32.9 Å². The number of thiophene rings is 1. The largest absolute Gasteiger partial charge is 0.355 e. The van der Waals surface area contributed by atoms with Gasteiger partial charge in [-0.2, -0.15) is 5.10 Å². The fourth-order valence-electron chi connectivity index (χ4n) is 3.09. The van der Waals surface area contributed by atoms with Crippen molar-refractivity contribution in [3.63, 3.8) is 0 Å². The summed E-state index contributed by atoms with van der Waals surface area (Å²) in [6.07, 6.45) is 3.03. The molecule has 3 heterocycles. The van der Waals surface area contributed by atoms with Crippen molar-refractivity contribution in [1.29, 1.82) is 0 Å². The summed E-state index contributed by atoms with van der Waals surface area (Å²) < 4.78 is 25.2. The molecule has 1 aliphatic heterocycles. The maximum Gasteiger partial charge on any atom is 0.261 e. The molecule has 9 heteroatoms. The maximum atomic E-state index is 12.4. The van der Waals surface area contributed by atoms with E-state index in [-0.39, 0.29) is 16.2 Å². The number of nitrogens with one attached hydrogen (secondary N) is 1. The third-order valence-corrected chi connectivity index (χ3v) is 7.13. The van der Waals surface area contributed by atoms with Gasteiger partial charge in [-0.3, -0.25) is 9.48 Å². The first-order chi connectivity index (χ1) is 11.7. The second kappa shape index (κ2) is 6.80. The summed E-state index contributed by atoms with van der Waals surface area (Å²) in [5.74, 6) is 0.833. The molecule has 3 rings (SSSR count). The lowest BCUT2D eigenvalue weighted by molar-refractivity contribution is 0.0937. The van der Waals surface area contributed by atoms with Crippen molar-refractivity contribution < 1.29 is 13.2 Å². The first kappa shape index (κ1) is 17.9. The molecule has 1 atom stereocenters. The highest BCUT2D eigenvalue weighted by molar-refractivity contribution is 7.92. The highest BCUT2D eigenvalue weighted by atomic mass is 32.2. The summed E-state index contributed by atoms with van der Waals surface area (Å²) in [4.78, 5) is 15.1. The molecule has 1 saturated heterocycles. The van der Waals surface area contributed by atoms with Crippen LogP contribution in [0.5, 0.6) is 0 Å². The average molecular weight is 383 g/mol. The van der Waals surface area contributed by atoms with Crippen molar-refractivity contribution in [3.05, 3.63) is 28.8 Å². The quantitative estimate of drug-likeness (QED) is 0.868. The monoisotopic (exact) mass is 382 g/mol. The molecular weight excluding hydrogens is 360 g/mol. The zero-order valence-electron chi connectivity index (χ0n) is 14.5. The Morgan fingerprint density at radius 3 is 2.76 bits per heavy atom. The van der Waals surface area contributed by atoms with Gasteiger partial charge in [0.05, 0.1) is 10.6 Å². The Kier molecular flexibility index (Phi) is 4.88. The van der Waals surface area contributed by atoms with Crippen LogP contribution < -0.4 is 10.2 Å². The maximum absolute atomic E-state index is 12.4. The minimum atomic E-state index is -3.28. The molecule has 1 amide bonds. The van der Waals surface area contributed by atoms with E-state index in [4.69, 9.17) is 0 Å². The van der Waals surface area contributed by atoms with E-state index < -0.39 is 9.84 Å². The molecule has 1 fully saturated rings. The number of piperidine rings is 1. The number of carbonyl (C=O) groups is 1. The first-order valence-electron chi connectivity index (χ1n) is 8.10. The lowest BCUT2D eigenvalue weighted by atomic mass is 10.1. The van der Waals surface area contributed by atoms with Crippen molar-refractivity contribution in [2.75, 3.05) is 24.2 Å². The van der Waals surface area contributed by atoms with E-state index in [0.717, 1.165) is 55.0 Å². The summed E-state index contributed by atoms with van der Waals surface area (Å²) in [6, 6.07) is 5.13. The molecule has 0 radical (unpaired) electrons. The number of carbonyl (C=O) groups excluding carboxylic acids is 1. The standard InChI is InChI=1S/C16H22N4O3S2/c1-11-9-14(19(2)18-11)20-8-4-5-12(10-20)17-16(21)13-6-7-15(24-13)25(3,22)23/h6-7,9,12H,4-5,8,10H2,1-3H3,(H,17,21)/t12-/m0/s1. The Hall–Kier alpha value is -1.87. The second-order valence-corrected chi connectivity index (χ2v) is 9.74. The zero-order valence-corrected chi connectivity index (χ0v) is 16.2. The minimum absolute atomic E-state index is 0.0280. The highest BCUT2D eigenvalue weighted by Crippen LogP contribution is 2.23. The van der Waals surface area contributed by atoms with Gasteiger partial charge in [-0.05, 0) is 31.9 Å². The van der Waals surface area contributed by atoms with Crippen LogP contribution in [0.4, 0.5) is 5.82 Å². The molecule has 0 unspecified atom stereocenters. The molecule has 0 spiro atoms. The van der Waals surface area contributed by atoms with Crippen LogP contribution in [0.3, 0.4) is 0 Å². The van der Waals surface area contributed by atoms with E-state index in [0.29, 0.717) is 4.88 Å². The van der Waals surface area contributed by atoms with Crippen LogP contribution >= 0.6 is 11.3 Å². The van der Waals surface area contributed by atoms with Crippen molar-refractivity contribution in [2.24, 2.45) is 7.05 Å². The molecule has 1 N–H and O–H groups in total. The molecule has 2 aromatic rings. The van der Waals surface area contributed by atoms with Crippen molar-refractivity contribution in [1.82, 2.24) is 15.1 Å². The molecule has 0 bridgehead atoms. The van der Waals surface area contributed by atoms with Gasteiger partial charge >= 0.3 is 0 Å². The Bertz CT molecular complexity index is 885. The summed E-state index contributed by atoms with van der Waals surface area (Å²) >= 11 is 1.01. The third kappa shape index (κ3) is 4.04. The van der Waals surface area contributed by atoms with Gasteiger partial charge in [-0.15, -0.1) is 11.3 Å². The lowest BCUT2D eigenvalue weighted by Crippen LogP contribution is -2.48. The van der Waals surface area contributed by atoms with Gasteiger partial charge in [0.2, 0.25) is 0 Å². The van der Waals surface area contributed by atoms with Crippen LogP contribution in [0, 0.1) is 6.92 Å². The third-order valence-electron chi connectivity index (χ3n) is 4.23. The van der Waals surface area contributed by atoms with Crippen LogP contribution in [0.2, 0.25) is 0 Å². The van der Waals surface area contributed by atoms with E-state index in [1.165, 1.54) is 6.07 Å². The first-order valence-corrected chi connectivity index (χ1v) is 10.8. The van der Waals surface area contributed by atoms with Crippen LogP contribution in [0.15, 0.2) is 22.4 Å². The van der Waals surface area contributed by atoms with Gasteiger partial charge in [0.15, 0.2) is 9.84 Å². The molecule has 1 aliphatic rings. The molecular formula is C16H22N4O3S2. The molecule has 7 nitrogen and oxygen atoms in total. The zero-order chi connectivity index (χ0) is 18.2. The molecule has 25 heavy (non-hydrogen) atoms. The molecule has 0 aliphatic carbocycles. The second-order valence-electron chi connectivity index (χ2n) is 6.42. The van der Waals surface area contributed by atoms with Gasteiger partial charge < -0.3 is 10.2 Å². The predicted molar refractivity (Wildman–Crippen MR) is 98.1 cm³/mol. The number of rotatable bonds is 4. The molecule has 2 aromatic heterocycles. The summed E-state index contributed by atoms with van der Waals surface area (Å²) in [7, 11) is -1.36. The number of hydrogen-bond acceptors (Lipinski definition) is 6. The minimum Gasteiger partial charge on any atom is -0.355 e. The van der Waals surface area contributed by atoms with Crippen LogP contribution in [-0.2, 0) is 16.9 Å². The van der Waals surface area contributed by atoms with Gasteiger partial charge in [0.25, 0.3) is 5.91 Å². The van der Waals surface area contributed by atoms with E-state index in [1.54, 1.807) is 6.07 Å². The smallest absolute Gasteiger partial charge is 0.261 e. The van der Waals surface area contributed by atoms with Gasteiger partial charge in [0.1, 0.15) is 10.0 Å². The fourth-order valence-corrected chi connectivity index (χ4v) is 4.92. The van der Waals surface area contributed by atoms with E-state index >= 15 is 0 Å². The number of nitrogens with zero attached hydrogens (tertiary/aromatic N) is 3. The van der Waals surface area contributed by atoms with Gasteiger partial charge in [-0.25, -0.2) is 8.42 Å². The van der Waals surface area contributed by atoms with Crippen LogP contribution in [-0.4, -0.2) is 49.5 Å². The van der Waals surface area contributed by atoms with E-state index in [2.05, 4.69) is 15.3 Å². The Morgan fingerprint density at radius 1 is 1.40 bits per heavy atom. The Morgan fingerprint density at radius 2 is 2.16 bits per heavy atom. The highest BCUT2D eigenvalue weighted by Gasteiger charge is 2.25. The number of anilines is 1. The number of amides is 1. The summed E-state index contributed by atoms with van der Waals surface area (Å²) in [5.41, 5.74) is 0.968. The SMILES string of the molecule is Cc1cc(N2CCC[C@H](NC(=O)c3ccc(S(C)(=O)=O)s3)C2)n(C)n1. The molecule has 0 aromatic carbocycles. The topological polar surface area (TPSA) is 84.3 Å². The number of hydrogen-bond donors (Lipinski definition) is 1. The van der Waals surface area contributed by atoms with Crippen molar-refractivity contribution in [3.8, 4) is 0 Å². The van der Waals surface area contributed by atoms with E-state index in [9.17, 15) is 13.2 Å². The number of aryl methyl sites for hydroxylation is 2. The summed E-state index contributed by atoms with van der Waals surface area (Å²) in [5, 5.41) is 7.41. The van der Waals surface area contributed by atoms with Gasteiger partial charge in [0, 0.05) is 38.5 Å². The normalized spacial score (nSPS) is 18.4. The Balaban J connectivity index is 1.67. The lowest BCUT2D eigenvalue weighted by Gasteiger charge is -2.34. The van der Waals surface area contributed by atoms with E-state index in [1.807, 2.05) is 24.7 Å². The predicted octanol–water partition coefficient (Wildman–Crippen LogP) is 1.59. The fraction of sp³-hybridized carbons (Fsp3) is 0.500. The average Bonchev–Trinajstić information content (AvgIpc) is 3.14. The van der Waals surface area contributed by atoms with Crippen LogP contribution in [0.25, 0.3) is 0 Å². The Labute approximate surface area is 151 Å². The molecule has 0 saturated carbocycles. The van der Waals surface area contributed by atoms with Gasteiger partial charge in [-0.1, -0.05) is 0 Å². The number of aromatic nitrogens is 2. The van der Waals surface area contributed by atoms with Crippen LogP contribution in [0.1, 0.15) is 28.2 Å². The van der Waals surface area contributed by atoms with Crippen molar-refractivity contribution in [2.45, 2.75) is 30.0 Å². The molecule has 136 valence electrons.